The maximum Gasteiger partial charge on any atom is 0.490 e. The van der Waals surface area contributed by atoms with E-state index in [2.05, 4.69) is 65.0 Å². The van der Waals surface area contributed by atoms with Crippen LogP contribution in [-0.4, -0.2) is 120 Å². The summed E-state index contributed by atoms with van der Waals surface area (Å²) in [4.78, 5) is 99.9. The Morgan fingerprint density at radius 3 is 1.45 bits per heavy atom. The number of aliphatic hydroxyl groups excluding tert-OH is 2. The van der Waals surface area contributed by atoms with Crippen LogP contribution in [-0.2, 0) is 63.2 Å². The Bertz CT molecular complexity index is 2740. The SMILES string of the molecule is CC#CC1(Cl)[C@@H](O)[C@@H]([C@@H](C)OP(=O)(O)OP(=O)(O)OP(=O)(O)O)O[C@H]1n1c(C)cc(N)nc1=O.CC#CC1(Cl)[C@@H](O)[C@@H]([C@@H](C)OP(=O)(O)OP(=O)(O)OP(=O)(O)O)O[C@H]1n1ncc(N)nc1=O. The second kappa shape index (κ2) is 21.6. The molecule has 0 radical (unpaired) electrons. The van der Waals surface area contributed by atoms with Gasteiger partial charge in [0.15, 0.2) is 22.2 Å². The number of aliphatic hydroxyl groups is 2. The highest BCUT2D eigenvalue weighted by Gasteiger charge is 2.60. The second-order valence-electron chi connectivity index (χ2n) is 13.3. The van der Waals surface area contributed by atoms with Gasteiger partial charge in [0.1, 0.15) is 36.1 Å². The maximum absolute atomic E-state index is 12.5. The first kappa shape index (κ1) is 59.0. The molecule has 14 N–H and O–H groups in total. The third-order valence-corrected chi connectivity index (χ3v) is 17.0. The number of phosphoric acid groups is 6. The predicted molar refractivity (Wildman–Crippen MR) is 221 cm³/mol. The van der Waals surface area contributed by atoms with E-state index in [0.29, 0.717) is 4.68 Å². The van der Waals surface area contributed by atoms with Crippen molar-refractivity contribution in [3.63, 3.8) is 0 Å². The fraction of sp³-hybridized carbons (Fsp3) is 0.577. The molecular formula is C26H39Cl2N7O26P6. The molecule has 6 unspecified atom stereocenters. The largest absolute Gasteiger partial charge is 0.490 e. The summed E-state index contributed by atoms with van der Waals surface area (Å²) in [6.45, 7) is 6.32. The summed E-state index contributed by atoms with van der Waals surface area (Å²) in [7, 11) is -33.8. The van der Waals surface area contributed by atoms with Crippen LogP contribution >= 0.6 is 70.1 Å². The number of hydrogen-bond acceptors (Lipinski definition) is 23. The molecular weight excluding hydrogens is 1080 g/mol. The number of alkyl halides is 2. The molecule has 2 aromatic heterocycles. The van der Waals surface area contributed by atoms with E-state index in [0.717, 1.165) is 24.6 Å². The monoisotopic (exact) mass is 1120 g/mol. The number of aryl methyl sites for hydroxylation is 1. The van der Waals surface area contributed by atoms with E-state index in [1.807, 2.05) is 0 Å². The Labute approximate surface area is 385 Å². The minimum atomic E-state index is -5.77. The van der Waals surface area contributed by atoms with Gasteiger partial charge in [-0.05, 0) is 40.7 Å². The standard InChI is InChI=1S/C14H21ClN3O13P3.C12H18ClN4O13P3/c1-4-5-14(15)11(19)10(28-12(14)18-7(2)6-9(16)17-13(18)20)8(3)29-33(24,25)31-34(26,27)30-32(21,22)23;1-3-4-12(13)9(18)8(27-10(12)17-11(19)16-7(14)5-15-17)6(2)28-32(23,24)30-33(25,26)29-31(20,21)22/h6,8,10-12,19H,1-3H3,(H,24,25)(H,26,27)(H2,16,17,20)(H2,21,22,23);5-6,8-10,18H,1-2H3,(H,23,24)(H,25,26)(H2,14,16,19)(H2,20,21,22)/t8-,10-,11+,12-,14?;6-,8-,9+,10-,12?/m11/s1. The third-order valence-electron chi connectivity index (χ3n) is 8.12. The van der Waals surface area contributed by atoms with Crippen LogP contribution in [0.4, 0.5) is 11.6 Å². The van der Waals surface area contributed by atoms with E-state index in [-0.39, 0.29) is 17.3 Å². The number of nitrogen functional groups attached to an aromatic ring is 2. The van der Waals surface area contributed by atoms with Crippen molar-refractivity contribution in [3.8, 4) is 23.7 Å². The molecule has 2 aliphatic rings. The van der Waals surface area contributed by atoms with Gasteiger partial charge in [0.25, 0.3) is 0 Å². The van der Waals surface area contributed by atoms with Crippen LogP contribution in [0.1, 0.15) is 45.8 Å². The van der Waals surface area contributed by atoms with Crippen molar-refractivity contribution < 1.29 is 113 Å². The van der Waals surface area contributed by atoms with E-state index in [4.69, 9.17) is 63.7 Å². The van der Waals surface area contributed by atoms with Gasteiger partial charge in [0.05, 0.1) is 18.4 Å². The molecule has 14 atom stereocenters. The molecule has 2 saturated heterocycles. The maximum atomic E-state index is 12.5. The Hall–Kier alpha value is -2.35. The summed E-state index contributed by atoms with van der Waals surface area (Å²) in [6, 6.07) is 1.32. The van der Waals surface area contributed by atoms with Crippen molar-refractivity contribution in [1.29, 1.82) is 0 Å². The first-order valence-electron chi connectivity index (χ1n) is 17.4. The lowest BCUT2D eigenvalue weighted by Crippen LogP contribution is -2.45. The Morgan fingerprint density at radius 2 is 1.07 bits per heavy atom. The van der Waals surface area contributed by atoms with Gasteiger partial charge in [-0.3, -0.25) is 13.6 Å². The highest BCUT2D eigenvalue weighted by molar-refractivity contribution is 7.67. The van der Waals surface area contributed by atoms with Crippen molar-refractivity contribution in [2.75, 3.05) is 11.5 Å². The van der Waals surface area contributed by atoms with Gasteiger partial charge in [0, 0.05) is 5.69 Å². The molecule has 0 amide bonds. The van der Waals surface area contributed by atoms with Gasteiger partial charge < -0.3 is 70.3 Å². The summed E-state index contributed by atoms with van der Waals surface area (Å²) < 4.78 is 105. The van der Waals surface area contributed by atoms with Gasteiger partial charge in [-0.25, -0.2) is 37.0 Å². The van der Waals surface area contributed by atoms with Gasteiger partial charge >= 0.3 is 58.3 Å². The molecule has 2 aliphatic heterocycles. The number of phosphoric ester groups is 2. The van der Waals surface area contributed by atoms with E-state index < -0.39 is 117 Å². The van der Waals surface area contributed by atoms with Gasteiger partial charge in [-0.15, -0.1) is 11.8 Å². The summed E-state index contributed by atoms with van der Waals surface area (Å²) in [5, 5.41) is 25.2. The van der Waals surface area contributed by atoms with Gasteiger partial charge in [-0.1, -0.05) is 35.0 Å². The molecule has 0 saturated carbocycles. The molecule has 0 aromatic carbocycles. The smallest absolute Gasteiger partial charge is 0.387 e. The summed E-state index contributed by atoms with van der Waals surface area (Å²) >= 11 is 12.9. The number of nitrogens with zero attached hydrogens (tertiary/aromatic N) is 5. The van der Waals surface area contributed by atoms with E-state index in [1.165, 1.54) is 26.8 Å². The van der Waals surface area contributed by atoms with Crippen LogP contribution in [0.3, 0.4) is 0 Å². The lowest BCUT2D eigenvalue weighted by molar-refractivity contribution is -0.0785. The fourth-order valence-corrected chi connectivity index (χ4v) is 13.0. The lowest BCUT2D eigenvalue weighted by atomic mass is 9.96. The summed E-state index contributed by atoms with van der Waals surface area (Å²) in [5.41, 5.74) is 9.21. The van der Waals surface area contributed by atoms with Crippen LogP contribution in [0.25, 0.3) is 0 Å². The lowest BCUT2D eigenvalue weighted by Gasteiger charge is -2.27. The zero-order valence-corrected chi connectivity index (χ0v) is 41.0. The average Bonchev–Trinajstić information content (AvgIpc) is 3.49. The average molecular weight is 1120 g/mol. The normalized spacial score (nSPS) is 29.7. The first-order chi connectivity index (χ1) is 30.2. The molecule has 2 fully saturated rings. The van der Waals surface area contributed by atoms with Gasteiger partial charge in [0.2, 0.25) is 0 Å². The second-order valence-corrected chi connectivity index (χ2v) is 23.3. The zero-order chi connectivity index (χ0) is 51.7. The number of hydrogen-bond donors (Lipinski definition) is 12. The number of nitrogens with two attached hydrogens (primary N) is 2. The topological polar surface area (TPSA) is 513 Å². The minimum absolute atomic E-state index is 0.100. The molecule has 4 heterocycles. The number of halogens is 2. The predicted octanol–water partition coefficient (Wildman–Crippen LogP) is -0.664. The van der Waals surface area contributed by atoms with Crippen LogP contribution in [0.15, 0.2) is 21.9 Å². The molecule has 0 bridgehead atoms. The molecule has 41 heteroatoms. The van der Waals surface area contributed by atoms with Crippen molar-refractivity contribution in [2.24, 2.45) is 0 Å². The van der Waals surface area contributed by atoms with E-state index in [1.54, 1.807) is 0 Å². The summed E-state index contributed by atoms with van der Waals surface area (Å²) in [5.74, 6) is 9.54. The van der Waals surface area contributed by atoms with Crippen LogP contribution in [0.5, 0.6) is 0 Å². The Morgan fingerprint density at radius 1 is 0.687 bits per heavy atom. The number of anilines is 2. The van der Waals surface area contributed by atoms with E-state index >= 15 is 0 Å². The van der Waals surface area contributed by atoms with E-state index in [9.17, 15) is 66.8 Å². The van der Waals surface area contributed by atoms with Crippen molar-refractivity contribution >= 4 is 81.8 Å². The zero-order valence-electron chi connectivity index (χ0n) is 34.1. The van der Waals surface area contributed by atoms with Crippen molar-refractivity contribution in [1.82, 2.24) is 24.3 Å². The highest BCUT2D eigenvalue weighted by Crippen LogP contribution is 2.68. The Kier molecular flexibility index (Phi) is 19.0. The highest BCUT2D eigenvalue weighted by atomic mass is 35.5. The molecule has 2 aromatic rings. The molecule has 0 aliphatic carbocycles. The number of rotatable bonds is 16. The summed E-state index contributed by atoms with van der Waals surface area (Å²) in [6.07, 6.45) is -12.2. The first-order valence-corrected chi connectivity index (χ1v) is 27.2. The molecule has 378 valence electrons. The Balaban J connectivity index is 0.000000355. The third kappa shape index (κ3) is 15.6. The number of aromatic nitrogens is 5. The number of ether oxygens (including phenoxy) is 2. The van der Waals surface area contributed by atoms with Gasteiger partial charge in [-0.2, -0.15) is 37.0 Å². The fourth-order valence-electron chi connectivity index (χ4n) is 5.86. The van der Waals surface area contributed by atoms with Crippen LogP contribution < -0.4 is 22.8 Å². The molecule has 33 nitrogen and oxygen atoms in total. The molecule has 67 heavy (non-hydrogen) atoms. The van der Waals surface area contributed by atoms with Crippen LogP contribution in [0, 0.1) is 30.6 Å². The van der Waals surface area contributed by atoms with Crippen LogP contribution in [0.2, 0.25) is 0 Å². The molecule has 0 spiro atoms. The molecule has 4 rings (SSSR count). The minimum Gasteiger partial charge on any atom is -0.387 e. The van der Waals surface area contributed by atoms with Crippen molar-refractivity contribution in [2.45, 2.75) is 93.4 Å². The quantitative estimate of drug-likeness (QED) is 0.0564. The van der Waals surface area contributed by atoms with Crippen molar-refractivity contribution in [3.05, 3.63) is 38.9 Å².